The summed E-state index contributed by atoms with van der Waals surface area (Å²) in [6, 6.07) is 8.84. The third kappa shape index (κ3) is 5.34. The first kappa shape index (κ1) is 18.5. The summed E-state index contributed by atoms with van der Waals surface area (Å²) in [5, 5.41) is 2.62. The van der Waals surface area contributed by atoms with Crippen molar-refractivity contribution in [2.75, 3.05) is 19.6 Å². The lowest BCUT2D eigenvalue weighted by atomic mass is 9.86. The molecule has 1 atom stereocenters. The Labute approximate surface area is 144 Å². The lowest BCUT2D eigenvalue weighted by Gasteiger charge is -2.33. The third-order valence-electron chi connectivity index (χ3n) is 4.60. The first-order valence-electron chi connectivity index (χ1n) is 8.65. The van der Waals surface area contributed by atoms with Crippen LogP contribution in [-0.2, 0) is 21.5 Å². The van der Waals surface area contributed by atoms with Crippen LogP contribution >= 0.6 is 0 Å². The number of hydrogen-bond acceptors (Lipinski definition) is 3. The van der Waals surface area contributed by atoms with Gasteiger partial charge in [0.1, 0.15) is 0 Å². The van der Waals surface area contributed by atoms with E-state index in [1.54, 1.807) is 0 Å². The molecular weight excluding hydrogens is 302 g/mol. The molecule has 5 nitrogen and oxygen atoms in total. The number of carbonyl (C=O) groups is 2. The Hall–Kier alpha value is -1.88. The van der Waals surface area contributed by atoms with E-state index in [9.17, 15) is 9.59 Å². The summed E-state index contributed by atoms with van der Waals surface area (Å²) >= 11 is 0. The van der Waals surface area contributed by atoms with Crippen LogP contribution in [0.25, 0.3) is 0 Å². The van der Waals surface area contributed by atoms with Crippen LogP contribution in [-0.4, -0.2) is 36.3 Å². The molecule has 0 bridgehead atoms. The molecule has 132 valence electrons. The van der Waals surface area contributed by atoms with Crippen LogP contribution in [0.2, 0.25) is 0 Å². The van der Waals surface area contributed by atoms with Crippen molar-refractivity contribution in [2.24, 2.45) is 11.7 Å². The Morgan fingerprint density at radius 1 is 1.25 bits per heavy atom. The number of nitrogens with two attached hydrogens (primary N) is 1. The van der Waals surface area contributed by atoms with E-state index in [4.69, 9.17) is 5.73 Å². The molecule has 0 spiro atoms. The number of nitrogens with zero attached hydrogens (tertiary/aromatic N) is 1. The fourth-order valence-corrected chi connectivity index (χ4v) is 3.15. The molecule has 2 rings (SSSR count). The van der Waals surface area contributed by atoms with Gasteiger partial charge in [-0.2, -0.15) is 0 Å². The SMILES string of the molecule is CC(C)(C)c1ccc(CN2CCC[C@@H](CNC(=O)C(N)=O)C2)cc1. The second kappa shape index (κ2) is 7.79. The fraction of sp³-hybridized carbons (Fsp3) is 0.579. The minimum absolute atomic E-state index is 0.174. The van der Waals surface area contributed by atoms with Crippen molar-refractivity contribution in [1.29, 1.82) is 0 Å². The van der Waals surface area contributed by atoms with Crippen LogP contribution < -0.4 is 11.1 Å². The highest BCUT2D eigenvalue weighted by atomic mass is 16.2. The zero-order valence-corrected chi connectivity index (χ0v) is 15.0. The maximum absolute atomic E-state index is 11.3. The van der Waals surface area contributed by atoms with Crippen molar-refractivity contribution in [3.05, 3.63) is 35.4 Å². The molecule has 5 heteroatoms. The number of amides is 2. The number of carbonyl (C=O) groups excluding carboxylic acids is 2. The Morgan fingerprint density at radius 3 is 2.50 bits per heavy atom. The third-order valence-corrected chi connectivity index (χ3v) is 4.60. The summed E-state index contributed by atoms with van der Waals surface area (Å²) in [5.41, 5.74) is 7.79. The summed E-state index contributed by atoms with van der Waals surface area (Å²) in [6.45, 7) is 10.1. The minimum atomic E-state index is -0.915. The van der Waals surface area contributed by atoms with Crippen molar-refractivity contribution in [2.45, 2.75) is 45.6 Å². The summed E-state index contributed by atoms with van der Waals surface area (Å²) < 4.78 is 0. The molecule has 0 aromatic heterocycles. The second-order valence-corrected chi connectivity index (χ2v) is 7.76. The van der Waals surface area contributed by atoms with Gasteiger partial charge in [0.05, 0.1) is 0 Å². The number of primary amides is 1. The Balaban J connectivity index is 1.86. The van der Waals surface area contributed by atoms with Gasteiger partial charge in [0.15, 0.2) is 0 Å². The summed E-state index contributed by atoms with van der Waals surface area (Å²) in [7, 11) is 0. The molecule has 0 radical (unpaired) electrons. The molecule has 1 aromatic rings. The molecule has 1 aliphatic rings. The average Bonchev–Trinajstić information content (AvgIpc) is 2.52. The van der Waals surface area contributed by atoms with Gasteiger partial charge in [-0.25, -0.2) is 0 Å². The van der Waals surface area contributed by atoms with Crippen LogP contribution in [0.5, 0.6) is 0 Å². The first-order valence-corrected chi connectivity index (χ1v) is 8.65. The van der Waals surface area contributed by atoms with Crippen molar-refractivity contribution in [3.63, 3.8) is 0 Å². The molecule has 1 heterocycles. The maximum Gasteiger partial charge on any atom is 0.309 e. The highest BCUT2D eigenvalue weighted by Gasteiger charge is 2.21. The number of hydrogen-bond donors (Lipinski definition) is 2. The van der Waals surface area contributed by atoms with E-state index in [1.165, 1.54) is 11.1 Å². The molecule has 3 N–H and O–H groups in total. The Bertz CT molecular complexity index is 575. The van der Waals surface area contributed by atoms with Crippen LogP contribution in [0.1, 0.15) is 44.7 Å². The van der Waals surface area contributed by atoms with Gasteiger partial charge in [-0.3, -0.25) is 14.5 Å². The summed E-state index contributed by atoms with van der Waals surface area (Å²) in [5.74, 6) is -1.23. The number of benzene rings is 1. The van der Waals surface area contributed by atoms with E-state index >= 15 is 0 Å². The maximum atomic E-state index is 11.3. The average molecular weight is 331 g/mol. The fourth-order valence-electron chi connectivity index (χ4n) is 3.15. The van der Waals surface area contributed by atoms with Crippen LogP contribution in [0, 0.1) is 5.92 Å². The van der Waals surface area contributed by atoms with Crippen LogP contribution in [0.4, 0.5) is 0 Å². The van der Waals surface area contributed by atoms with Crippen LogP contribution in [0.15, 0.2) is 24.3 Å². The lowest BCUT2D eigenvalue weighted by Crippen LogP contribution is -2.43. The van der Waals surface area contributed by atoms with Crippen molar-refractivity contribution in [1.82, 2.24) is 10.2 Å². The number of likely N-dealkylation sites (tertiary alicyclic amines) is 1. The summed E-state index contributed by atoms with van der Waals surface area (Å²) in [6.07, 6.45) is 2.18. The predicted molar refractivity (Wildman–Crippen MR) is 95.3 cm³/mol. The molecule has 0 aliphatic carbocycles. The quantitative estimate of drug-likeness (QED) is 0.826. The van der Waals surface area contributed by atoms with Gasteiger partial charge in [0, 0.05) is 19.6 Å². The summed E-state index contributed by atoms with van der Waals surface area (Å²) in [4.78, 5) is 24.5. The number of nitrogens with one attached hydrogen (secondary N) is 1. The Kier molecular flexibility index (Phi) is 5.99. The molecule has 0 unspecified atom stereocenters. The zero-order chi connectivity index (χ0) is 17.7. The standard InChI is InChI=1S/C19H29N3O2/c1-19(2,3)16-8-6-14(7-9-16)12-22-10-4-5-15(13-22)11-21-18(24)17(20)23/h6-9,15H,4-5,10-13H2,1-3H3,(H2,20,23)(H,21,24)/t15-/m0/s1. The van der Waals surface area contributed by atoms with Gasteiger partial charge in [-0.05, 0) is 41.8 Å². The number of rotatable bonds is 4. The predicted octanol–water partition coefficient (Wildman–Crippen LogP) is 1.80. The molecule has 1 aliphatic heterocycles. The Morgan fingerprint density at radius 2 is 1.92 bits per heavy atom. The highest BCUT2D eigenvalue weighted by Crippen LogP contribution is 2.23. The van der Waals surface area contributed by atoms with Crippen molar-refractivity contribution < 1.29 is 9.59 Å². The van der Waals surface area contributed by atoms with Crippen molar-refractivity contribution >= 4 is 11.8 Å². The van der Waals surface area contributed by atoms with Gasteiger partial charge >= 0.3 is 11.8 Å². The molecule has 0 saturated carbocycles. The van der Waals surface area contributed by atoms with Gasteiger partial charge in [0.2, 0.25) is 0 Å². The molecule has 24 heavy (non-hydrogen) atoms. The zero-order valence-electron chi connectivity index (χ0n) is 15.0. The van der Waals surface area contributed by atoms with E-state index in [0.717, 1.165) is 32.5 Å². The number of piperidine rings is 1. The van der Waals surface area contributed by atoms with Gasteiger partial charge in [0.25, 0.3) is 0 Å². The highest BCUT2D eigenvalue weighted by molar-refractivity contribution is 6.34. The molecular formula is C19H29N3O2. The molecule has 2 amide bonds. The lowest BCUT2D eigenvalue weighted by molar-refractivity contribution is -0.137. The molecule has 1 saturated heterocycles. The van der Waals surface area contributed by atoms with E-state index < -0.39 is 11.8 Å². The first-order chi connectivity index (χ1) is 11.3. The van der Waals surface area contributed by atoms with Gasteiger partial charge in [-0.1, -0.05) is 45.0 Å². The molecule has 1 aromatic carbocycles. The van der Waals surface area contributed by atoms with E-state index in [1.807, 2.05) is 0 Å². The van der Waals surface area contributed by atoms with Crippen LogP contribution in [0.3, 0.4) is 0 Å². The van der Waals surface area contributed by atoms with Gasteiger partial charge in [-0.15, -0.1) is 0 Å². The second-order valence-electron chi connectivity index (χ2n) is 7.76. The smallest absolute Gasteiger partial charge is 0.309 e. The minimum Gasteiger partial charge on any atom is -0.361 e. The van der Waals surface area contributed by atoms with E-state index in [0.29, 0.717) is 12.5 Å². The normalized spacial score (nSPS) is 19.0. The van der Waals surface area contributed by atoms with Crippen molar-refractivity contribution in [3.8, 4) is 0 Å². The van der Waals surface area contributed by atoms with E-state index in [2.05, 4.69) is 55.3 Å². The van der Waals surface area contributed by atoms with E-state index in [-0.39, 0.29) is 5.41 Å². The topological polar surface area (TPSA) is 75.4 Å². The largest absolute Gasteiger partial charge is 0.361 e. The molecule has 1 fully saturated rings. The monoisotopic (exact) mass is 331 g/mol. The van der Waals surface area contributed by atoms with Gasteiger partial charge < -0.3 is 11.1 Å².